The molecule has 0 unspecified atom stereocenters. The van der Waals surface area contributed by atoms with E-state index in [1.54, 1.807) is 6.20 Å². The molecule has 2 rings (SSSR count). The van der Waals surface area contributed by atoms with E-state index in [1.165, 1.54) is 0 Å². The van der Waals surface area contributed by atoms with Gasteiger partial charge in [0.1, 0.15) is 0 Å². The van der Waals surface area contributed by atoms with Gasteiger partial charge in [0.15, 0.2) is 0 Å². The summed E-state index contributed by atoms with van der Waals surface area (Å²) >= 11 is 0. The number of aromatic amines is 1. The predicted molar refractivity (Wildman–Crippen MR) is 68.3 cm³/mol. The molecule has 5 nitrogen and oxygen atoms in total. The number of H-pyrrole nitrogens is 1. The smallest absolute Gasteiger partial charge is 0.255 e. The largest absolute Gasteiger partial charge is 0.352 e. The van der Waals surface area contributed by atoms with Crippen LogP contribution in [0.3, 0.4) is 0 Å². The van der Waals surface area contributed by atoms with E-state index < -0.39 is 0 Å². The summed E-state index contributed by atoms with van der Waals surface area (Å²) in [6.45, 7) is 4.23. The van der Waals surface area contributed by atoms with Gasteiger partial charge in [-0.05, 0) is 26.0 Å². The van der Waals surface area contributed by atoms with Crippen molar-refractivity contribution < 1.29 is 4.79 Å². The summed E-state index contributed by atoms with van der Waals surface area (Å²) in [4.78, 5) is 16.1. The van der Waals surface area contributed by atoms with Gasteiger partial charge < -0.3 is 5.32 Å². The van der Waals surface area contributed by atoms with Crippen LogP contribution >= 0.6 is 0 Å². The Morgan fingerprint density at radius 1 is 1.39 bits per heavy atom. The number of carbonyl (C=O) groups excluding carboxylic acids is 1. The third kappa shape index (κ3) is 2.74. The molecule has 1 amide bonds. The first kappa shape index (κ1) is 12.3. The minimum absolute atomic E-state index is 0.0883. The Morgan fingerprint density at radius 3 is 2.83 bits per heavy atom. The maximum atomic E-state index is 11.9. The lowest BCUT2D eigenvalue weighted by Crippen LogP contribution is -2.26. The Hall–Kier alpha value is -2.17. The summed E-state index contributed by atoms with van der Waals surface area (Å²) in [6.07, 6.45) is 2.48. The molecule has 0 spiro atoms. The van der Waals surface area contributed by atoms with E-state index in [1.807, 2.05) is 32.0 Å². The van der Waals surface area contributed by atoms with E-state index in [-0.39, 0.29) is 5.91 Å². The van der Waals surface area contributed by atoms with Crippen molar-refractivity contribution in [2.75, 3.05) is 6.54 Å². The molecular weight excluding hydrogens is 228 g/mol. The number of rotatable bonds is 4. The van der Waals surface area contributed by atoms with Gasteiger partial charge in [0.05, 0.1) is 11.3 Å². The average Bonchev–Trinajstić information content (AvgIpc) is 2.70. The molecule has 18 heavy (non-hydrogen) atoms. The molecule has 5 heteroatoms. The van der Waals surface area contributed by atoms with Crippen LogP contribution in [0.1, 0.15) is 27.4 Å². The zero-order chi connectivity index (χ0) is 13.0. The first-order valence-corrected chi connectivity index (χ1v) is 5.88. The molecule has 0 aromatic carbocycles. The minimum atomic E-state index is -0.0883. The monoisotopic (exact) mass is 244 g/mol. The van der Waals surface area contributed by atoms with E-state index in [0.717, 1.165) is 23.5 Å². The van der Waals surface area contributed by atoms with Crippen LogP contribution in [0, 0.1) is 13.8 Å². The molecule has 0 saturated heterocycles. The lowest BCUT2D eigenvalue weighted by molar-refractivity contribution is 0.0953. The number of pyridine rings is 1. The van der Waals surface area contributed by atoms with Crippen LogP contribution in [0.2, 0.25) is 0 Å². The van der Waals surface area contributed by atoms with Gasteiger partial charge in [-0.3, -0.25) is 14.9 Å². The third-order valence-corrected chi connectivity index (χ3v) is 2.75. The highest BCUT2D eigenvalue weighted by Crippen LogP contribution is 2.08. The highest BCUT2D eigenvalue weighted by molar-refractivity contribution is 5.96. The molecule has 2 aromatic rings. The lowest BCUT2D eigenvalue weighted by atomic mass is 10.2. The summed E-state index contributed by atoms with van der Waals surface area (Å²) in [6, 6.07) is 5.76. The highest BCUT2D eigenvalue weighted by Gasteiger charge is 2.14. The maximum absolute atomic E-state index is 11.9. The topological polar surface area (TPSA) is 70.7 Å². The van der Waals surface area contributed by atoms with Gasteiger partial charge in [-0.1, -0.05) is 6.07 Å². The van der Waals surface area contributed by atoms with Crippen LogP contribution < -0.4 is 5.32 Å². The van der Waals surface area contributed by atoms with Gasteiger partial charge in [0.2, 0.25) is 0 Å². The van der Waals surface area contributed by atoms with E-state index in [4.69, 9.17) is 0 Å². The Labute approximate surface area is 106 Å². The molecule has 0 radical (unpaired) electrons. The highest BCUT2D eigenvalue weighted by atomic mass is 16.1. The zero-order valence-corrected chi connectivity index (χ0v) is 10.5. The molecule has 0 fully saturated rings. The Kier molecular flexibility index (Phi) is 3.72. The van der Waals surface area contributed by atoms with Crippen LogP contribution in [0.4, 0.5) is 0 Å². The first-order valence-electron chi connectivity index (χ1n) is 5.88. The molecule has 2 heterocycles. The van der Waals surface area contributed by atoms with Gasteiger partial charge in [-0.15, -0.1) is 0 Å². The lowest BCUT2D eigenvalue weighted by Gasteiger charge is -2.04. The van der Waals surface area contributed by atoms with E-state index >= 15 is 0 Å². The van der Waals surface area contributed by atoms with E-state index in [2.05, 4.69) is 20.5 Å². The van der Waals surface area contributed by atoms with Crippen molar-refractivity contribution in [1.82, 2.24) is 20.5 Å². The normalized spacial score (nSPS) is 10.3. The van der Waals surface area contributed by atoms with Crippen LogP contribution in [0.15, 0.2) is 24.4 Å². The molecule has 0 saturated carbocycles. The first-order chi connectivity index (χ1) is 8.68. The SMILES string of the molecule is Cc1n[nH]c(C)c1C(=O)NCCc1ccccn1. The second-order valence-electron chi connectivity index (χ2n) is 4.14. The summed E-state index contributed by atoms with van der Waals surface area (Å²) < 4.78 is 0. The molecule has 0 aliphatic heterocycles. The van der Waals surface area contributed by atoms with Crippen LogP contribution in [0.25, 0.3) is 0 Å². The molecule has 0 bridgehead atoms. The quantitative estimate of drug-likeness (QED) is 0.854. The van der Waals surface area contributed by atoms with Crippen molar-refractivity contribution in [3.8, 4) is 0 Å². The van der Waals surface area contributed by atoms with Crippen LogP contribution in [-0.2, 0) is 6.42 Å². The molecule has 0 aliphatic carbocycles. The Balaban J connectivity index is 1.90. The predicted octanol–water partition coefficient (Wildman–Crippen LogP) is 1.39. The van der Waals surface area contributed by atoms with Crippen LogP contribution in [0.5, 0.6) is 0 Å². The number of aromatic nitrogens is 3. The fourth-order valence-corrected chi connectivity index (χ4v) is 1.82. The van der Waals surface area contributed by atoms with Crippen molar-refractivity contribution in [1.29, 1.82) is 0 Å². The van der Waals surface area contributed by atoms with Crippen molar-refractivity contribution >= 4 is 5.91 Å². The maximum Gasteiger partial charge on any atom is 0.255 e. The number of hydrogen-bond donors (Lipinski definition) is 2. The summed E-state index contributed by atoms with van der Waals surface area (Å²) in [5, 5.41) is 9.68. The average molecular weight is 244 g/mol. The number of nitrogens with zero attached hydrogens (tertiary/aromatic N) is 2. The van der Waals surface area contributed by atoms with E-state index in [0.29, 0.717) is 12.1 Å². The fraction of sp³-hybridized carbons (Fsp3) is 0.308. The van der Waals surface area contributed by atoms with Gasteiger partial charge in [-0.2, -0.15) is 5.10 Å². The minimum Gasteiger partial charge on any atom is -0.352 e. The van der Waals surface area contributed by atoms with Crippen LogP contribution in [-0.4, -0.2) is 27.6 Å². The Morgan fingerprint density at radius 2 is 2.22 bits per heavy atom. The molecule has 0 aliphatic rings. The van der Waals surface area contributed by atoms with Gasteiger partial charge in [0, 0.05) is 30.6 Å². The number of nitrogens with one attached hydrogen (secondary N) is 2. The number of carbonyl (C=O) groups is 1. The molecule has 2 aromatic heterocycles. The number of amides is 1. The third-order valence-electron chi connectivity index (χ3n) is 2.75. The van der Waals surface area contributed by atoms with Gasteiger partial charge in [0.25, 0.3) is 5.91 Å². The second-order valence-corrected chi connectivity index (χ2v) is 4.14. The second kappa shape index (κ2) is 5.44. The Bertz CT molecular complexity index is 514. The standard InChI is InChI=1S/C13H16N4O/c1-9-12(10(2)17-16-9)13(18)15-8-6-11-5-3-4-7-14-11/h3-5,7H,6,8H2,1-2H3,(H,15,18)(H,16,17). The summed E-state index contributed by atoms with van der Waals surface area (Å²) in [5.41, 5.74) is 3.13. The fourth-order valence-electron chi connectivity index (χ4n) is 1.82. The molecule has 94 valence electrons. The summed E-state index contributed by atoms with van der Waals surface area (Å²) in [7, 11) is 0. The van der Waals surface area contributed by atoms with Crippen molar-refractivity contribution in [2.24, 2.45) is 0 Å². The van der Waals surface area contributed by atoms with Crippen molar-refractivity contribution in [2.45, 2.75) is 20.3 Å². The molecule has 2 N–H and O–H groups in total. The van der Waals surface area contributed by atoms with Crippen molar-refractivity contribution in [3.63, 3.8) is 0 Å². The summed E-state index contributed by atoms with van der Waals surface area (Å²) in [5.74, 6) is -0.0883. The van der Waals surface area contributed by atoms with Gasteiger partial charge in [-0.25, -0.2) is 0 Å². The molecular formula is C13H16N4O. The zero-order valence-electron chi connectivity index (χ0n) is 10.5. The van der Waals surface area contributed by atoms with E-state index in [9.17, 15) is 4.79 Å². The number of aryl methyl sites for hydroxylation is 2. The van der Waals surface area contributed by atoms with Gasteiger partial charge >= 0.3 is 0 Å². The number of hydrogen-bond acceptors (Lipinski definition) is 3. The van der Waals surface area contributed by atoms with Crippen molar-refractivity contribution in [3.05, 3.63) is 47.0 Å². The molecule has 0 atom stereocenters.